The van der Waals surface area contributed by atoms with E-state index in [0.717, 1.165) is 22.7 Å². The summed E-state index contributed by atoms with van der Waals surface area (Å²) in [5.74, 6) is 0.0505. The van der Waals surface area contributed by atoms with Crippen molar-refractivity contribution < 1.29 is 4.79 Å². The third kappa shape index (κ3) is 3.92. The summed E-state index contributed by atoms with van der Waals surface area (Å²) < 4.78 is 2.05. The second-order valence-electron chi connectivity index (χ2n) is 7.43. The lowest BCUT2D eigenvalue weighted by Gasteiger charge is -2.15. The van der Waals surface area contributed by atoms with E-state index >= 15 is 0 Å². The molecule has 0 aliphatic heterocycles. The van der Waals surface area contributed by atoms with Gasteiger partial charge in [0.2, 0.25) is 5.91 Å². The summed E-state index contributed by atoms with van der Waals surface area (Å²) in [7, 11) is 0. The molecule has 0 unspecified atom stereocenters. The molecule has 1 amide bonds. The number of aryl methyl sites for hydroxylation is 1. The number of amides is 1. The van der Waals surface area contributed by atoms with Gasteiger partial charge >= 0.3 is 0 Å². The van der Waals surface area contributed by atoms with Crippen molar-refractivity contribution in [3.05, 3.63) is 47.5 Å². The highest BCUT2D eigenvalue weighted by atomic mass is 32.2. The second-order valence-corrected chi connectivity index (χ2v) is 8.74. The molecule has 0 spiro atoms. The fraction of sp³-hybridized carbons (Fsp3) is 0.409. The number of aromatic nitrogens is 3. The molecule has 1 N–H and O–H groups in total. The summed E-state index contributed by atoms with van der Waals surface area (Å²) in [6.45, 7) is 4.72. The summed E-state index contributed by atoms with van der Waals surface area (Å²) in [6, 6.07) is 10.3. The van der Waals surface area contributed by atoms with Crippen LogP contribution in [0.1, 0.15) is 44.6 Å². The van der Waals surface area contributed by atoms with Crippen molar-refractivity contribution in [3.8, 4) is 0 Å². The van der Waals surface area contributed by atoms with Crippen LogP contribution in [0.25, 0.3) is 16.6 Å². The van der Waals surface area contributed by atoms with Gasteiger partial charge in [-0.25, -0.2) is 0 Å². The molecule has 6 heteroatoms. The predicted molar refractivity (Wildman–Crippen MR) is 115 cm³/mol. The number of carbonyl (C=O) groups is 1. The number of para-hydroxylation sites is 1. The van der Waals surface area contributed by atoms with E-state index in [2.05, 4.69) is 40.6 Å². The Morgan fingerprint density at radius 3 is 2.96 bits per heavy atom. The van der Waals surface area contributed by atoms with Crippen molar-refractivity contribution >= 4 is 34.2 Å². The van der Waals surface area contributed by atoms with Crippen LogP contribution in [0.15, 0.2) is 47.1 Å². The number of thioether (sulfide) groups is 1. The fourth-order valence-corrected chi connectivity index (χ4v) is 4.68. The van der Waals surface area contributed by atoms with Gasteiger partial charge in [-0.1, -0.05) is 41.6 Å². The first kappa shape index (κ1) is 19.0. The van der Waals surface area contributed by atoms with Gasteiger partial charge in [-0.05, 0) is 63.6 Å². The molecule has 1 atom stereocenters. The van der Waals surface area contributed by atoms with E-state index in [1.54, 1.807) is 0 Å². The van der Waals surface area contributed by atoms with Gasteiger partial charge in [0.1, 0.15) is 0 Å². The minimum atomic E-state index is -0.229. The van der Waals surface area contributed by atoms with Crippen molar-refractivity contribution in [2.24, 2.45) is 0 Å². The first-order valence-corrected chi connectivity index (χ1v) is 10.9. The maximum Gasteiger partial charge on any atom is 0.233 e. The summed E-state index contributed by atoms with van der Waals surface area (Å²) in [5.41, 5.74) is 4.55. The molecule has 28 heavy (non-hydrogen) atoms. The Kier molecular flexibility index (Phi) is 5.67. The van der Waals surface area contributed by atoms with Gasteiger partial charge in [0.25, 0.3) is 0 Å². The van der Waals surface area contributed by atoms with Crippen LogP contribution in [0.4, 0.5) is 0 Å². The van der Waals surface area contributed by atoms with Crippen LogP contribution in [-0.4, -0.2) is 32.3 Å². The number of pyridine rings is 1. The van der Waals surface area contributed by atoms with E-state index in [9.17, 15) is 4.79 Å². The molecule has 146 valence electrons. The Balaban J connectivity index is 1.46. The molecule has 0 radical (unpaired) electrons. The zero-order valence-electron chi connectivity index (χ0n) is 16.4. The van der Waals surface area contributed by atoms with Crippen LogP contribution in [0, 0.1) is 6.92 Å². The molecule has 3 aromatic rings. The molecule has 2 heterocycles. The second kappa shape index (κ2) is 8.35. The Hall–Kier alpha value is -2.34. The number of benzene rings is 1. The van der Waals surface area contributed by atoms with Crippen LogP contribution in [-0.2, 0) is 4.79 Å². The molecule has 1 aliphatic rings. The van der Waals surface area contributed by atoms with Gasteiger partial charge in [0.15, 0.2) is 10.8 Å². The third-order valence-corrected chi connectivity index (χ3v) is 6.40. The number of nitrogens with zero attached hydrogens (tertiary/aromatic N) is 3. The Labute approximate surface area is 169 Å². The molecule has 5 nitrogen and oxygen atoms in total. The van der Waals surface area contributed by atoms with Gasteiger partial charge in [-0.3, -0.25) is 9.20 Å². The molecular weight excluding hydrogens is 368 g/mol. The largest absolute Gasteiger partial charge is 0.355 e. The Morgan fingerprint density at radius 2 is 2.14 bits per heavy atom. The summed E-state index contributed by atoms with van der Waals surface area (Å²) in [5, 5.41) is 13.4. The highest BCUT2D eigenvalue weighted by Gasteiger charge is 2.19. The van der Waals surface area contributed by atoms with Gasteiger partial charge in [-0.15, -0.1) is 10.2 Å². The van der Waals surface area contributed by atoms with E-state index in [1.165, 1.54) is 54.0 Å². The van der Waals surface area contributed by atoms with Gasteiger partial charge in [0, 0.05) is 11.9 Å². The maximum atomic E-state index is 12.6. The zero-order valence-corrected chi connectivity index (χ0v) is 17.3. The van der Waals surface area contributed by atoms with Crippen LogP contribution < -0.4 is 5.32 Å². The average Bonchev–Trinajstić information content (AvgIpc) is 3.11. The van der Waals surface area contributed by atoms with E-state index in [1.807, 2.05) is 29.5 Å². The quantitative estimate of drug-likeness (QED) is 0.487. The van der Waals surface area contributed by atoms with E-state index in [4.69, 9.17) is 0 Å². The van der Waals surface area contributed by atoms with Crippen molar-refractivity contribution in [1.29, 1.82) is 0 Å². The average molecular weight is 395 g/mol. The van der Waals surface area contributed by atoms with Crippen molar-refractivity contribution in [1.82, 2.24) is 19.9 Å². The predicted octanol–water partition coefficient (Wildman–Crippen LogP) is 4.68. The summed E-state index contributed by atoms with van der Waals surface area (Å²) in [6.07, 6.45) is 8.23. The Bertz CT molecular complexity index is 1040. The number of hydrogen-bond acceptors (Lipinski definition) is 4. The topological polar surface area (TPSA) is 59.3 Å². The number of allylic oxidation sites excluding steroid dienone is 1. The number of hydrogen-bond donors (Lipinski definition) is 1. The Morgan fingerprint density at radius 1 is 1.29 bits per heavy atom. The molecular formula is C22H26N4OS. The molecule has 1 aromatic carbocycles. The van der Waals surface area contributed by atoms with Crippen molar-refractivity contribution in [2.45, 2.75) is 56.4 Å². The number of fused-ring (bicyclic) bond motifs is 3. The molecule has 0 bridgehead atoms. The first-order chi connectivity index (χ1) is 13.6. The minimum absolute atomic E-state index is 0.0505. The molecule has 0 saturated heterocycles. The van der Waals surface area contributed by atoms with Crippen molar-refractivity contribution in [3.63, 3.8) is 0 Å². The van der Waals surface area contributed by atoms with Crippen LogP contribution in [0.3, 0.4) is 0 Å². The standard InChI is InChI=1S/C22H26N4OS/c1-15-14-20-24-25-22(26(20)19-11-7-6-10-18(15)19)28-16(2)21(27)23-13-12-17-8-4-3-5-9-17/h6-8,10-11,14,16H,3-5,9,12-13H2,1-2H3,(H,23,27)/t16-/m0/s1. The highest BCUT2D eigenvalue weighted by molar-refractivity contribution is 8.00. The summed E-state index contributed by atoms with van der Waals surface area (Å²) >= 11 is 1.46. The molecule has 2 aromatic heterocycles. The van der Waals surface area contributed by atoms with Crippen LogP contribution >= 0.6 is 11.8 Å². The smallest absolute Gasteiger partial charge is 0.233 e. The highest BCUT2D eigenvalue weighted by Crippen LogP contribution is 2.28. The zero-order chi connectivity index (χ0) is 19.5. The monoisotopic (exact) mass is 394 g/mol. The van der Waals surface area contributed by atoms with E-state index in [-0.39, 0.29) is 11.2 Å². The fourth-order valence-electron chi connectivity index (χ4n) is 3.78. The first-order valence-electron chi connectivity index (χ1n) is 9.99. The lowest BCUT2D eigenvalue weighted by atomic mass is 9.97. The normalized spacial score (nSPS) is 15.6. The molecule has 0 saturated carbocycles. The molecule has 0 fully saturated rings. The lowest BCUT2D eigenvalue weighted by Crippen LogP contribution is -2.32. The SMILES string of the molecule is Cc1cc2nnc(S[C@@H](C)C(=O)NCCC3=CCCCC3)n2c2ccccc12. The van der Waals surface area contributed by atoms with Crippen LogP contribution in [0.2, 0.25) is 0 Å². The summed E-state index contributed by atoms with van der Waals surface area (Å²) in [4.78, 5) is 12.6. The van der Waals surface area contributed by atoms with Crippen molar-refractivity contribution in [2.75, 3.05) is 6.54 Å². The van der Waals surface area contributed by atoms with E-state index in [0.29, 0.717) is 6.54 Å². The van der Waals surface area contributed by atoms with Gasteiger partial charge in [0.05, 0.1) is 10.8 Å². The van der Waals surface area contributed by atoms with Crippen LogP contribution in [0.5, 0.6) is 0 Å². The minimum Gasteiger partial charge on any atom is -0.355 e. The maximum absolute atomic E-state index is 12.6. The number of carbonyl (C=O) groups excluding carboxylic acids is 1. The van der Waals surface area contributed by atoms with Gasteiger partial charge in [-0.2, -0.15) is 0 Å². The lowest BCUT2D eigenvalue weighted by molar-refractivity contribution is -0.120. The van der Waals surface area contributed by atoms with Gasteiger partial charge < -0.3 is 5.32 Å². The third-order valence-electron chi connectivity index (χ3n) is 5.36. The number of nitrogens with one attached hydrogen (secondary N) is 1. The molecule has 4 rings (SSSR count). The number of rotatable bonds is 6. The van der Waals surface area contributed by atoms with E-state index < -0.39 is 0 Å². The molecule has 1 aliphatic carbocycles.